The summed E-state index contributed by atoms with van der Waals surface area (Å²) in [5.74, 6) is -0.491. The Kier molecular flexibility index (Phi) is 3.78. The molecule has 0 bridgehead atoms. The molecule has 0 aromatic heterocycles. The Hall–Kier alpha value is -1.26. The quantitative estimate of drug-likeness (QED) is 0.752. The van der Waals surface area contributed by atoms with E-state index in [0.717, 1.165) is 0 Å². The van der Waals surface area contributed by atoms with E-state index in [2.05, 4.69) is 5.32 Å². The highest BCUT2D eigenvalue weighted by molar-refractivity contribution is 6.31. The van der Waals surface area contributed by atoms with E-state index in [-0.39, 0.29) is 11.3 Å². The van der Waals surface area contributed by atoms with Crippen molar-refractivity contribution in [3.05, 3.63) is 28.8 Å². The number of phenols is 1. The molecule has 1 rings (SSSR count). The molecular weight excluding hydrogens is 228 g/mol. The van der Waals surface area contributed by atoms with E-state index in [1.54, 1.807) is 13.8 Å². The summed E-state index contributed by atoms with van der Waals surface area (Å²) in [6.45, 7) is 3.91. The summed E-state index contributed by atoms with van der Waals surface area (Å²) in [5.41, 5.74) is 5.38. The van der Waals surface area contributed by atoms with Crippen LogP contribution >= 0.6 is 11.6 Å². The molecule has 0 heterocycles. The molecule has 4 nitrogen and oxygen atoms in total. The maximum absolute atomic E-state index is 11.7. The molecule has 16 heavy (non-hydrogen) atoms. The van der Waals surface area contributed by atoms with Crippen molar-refractivity contribution >= 4 is 17.5 Å². The molecule has 0 fully saturated rings. The van der Waals surface area contributed by atoms with Gasteiger partial charge < -0.3 is 16.2 Å². The Labute approximate surface area is 99.4 Å². The van der Waals surface area contributed by atoms with E-state index in [1.807, 2.05) is 0 Å². The smallest absolute Gasteiger partial charge is 0.255 e. The van der Waals surface area contributed by atoms with E-state index in [1.165, 1.54) is 18.2 Å². The number of halogens is 1. The second kappa shape index (κ2) is 4.72. The topological polar surface area (TPSA) is 75.3 Å². The fourth-order valence-corrected chi connectivity index (χ4v) is 1.27. The van der Waals surface area contributed by atoms with Gasteiger partial charge in [0.25, 0.3) is 5.91 Å². The van der Waals surface area contributed by atoms with E-state index in [4.69, 9.17) is 17.3 Å². The molecule has 1 aromatic carbocycles. The van der Waals surface area contributed by atoms with Crippen LogP contribution in [0, 0.1) is 0 Å². The standard InChI is InChI=1S/C11H15ClN2O2/c1-11(2,13)6-14-10(16)8-5-7(12)3-4-9(8)15/h3-5,15H,6,13H2,1-2H3,(H,14,16). The van der Waals surface area contributed by atoms with Crippen molar-refractivity contribution in [2.24, 2.45) is 5.73 Å². The molecule has 0 aliphatic rings. The number of nitrogens with two attached hydrogens (primary N) is 1. The third-order valence-corrected chi connectivity index (χ3v) is 2.14. The van der Waals surface area contributed by atoms with Gasteiger partial charge in [0.05, 0.1) is 5.56 Å². The minimum atomic E-state index is -0.496. The maximum Gasteiger partial charge on any atom is 0.255 e. The first-order chi connectivity index (χ1) is 7.29. The molecule has 0 saturated heterocycles. The number of rotatable bonds is 3. The van der Waals surface area contributed by atoms with Crippen LogP contribution in [0.25, 0.3) is 0 Å². The summed E-state index contributed by atoms with van der Waals surface area (Å²) in [6.07, 6.45) is 0. The molecule has 0 spiro atoms. The lowest BCUT2D eigenvalue weighted by atomic mass is 10.1. The highest BCUT2D eigenvalue weighted by Gasteiger charge is 2.15. The van der Waals surface area contributed by atoms with Crippen LogP contribution in [-0.2, 0) is 0 Å². The number of nitrogens with one attached hydrogen (secondary N) is 1. The molecule has 0 saturated carbocycles. The molecule has 0 radical (unpaired) electrons. The third kappa shape index (κ3) is 3.72. The number of hydrogen-bond acceptors (Lipinski definition) is 3. The molecule has 0 unspecified atom stereocenters. The zero-order valence-electron chi connectivity index (χ0n) is 9.25. The Morgan fingerprint density at radius 2 is 2.19 bits per heavy atom. The summed E-state index contributed by atoms with van der Waals surface area (Å²) < 4.78 is 0. The zero-order valence-corrected chi connectivity index (χ0v) is 10.0. The molecule has 88 valence electrons. The fraction of sp³-hybridized carbons (Fsp3) is 0.364. The average Bonchev–Trinajstić information content (AvgIpc) is 2.17. The van der Waals surface area contributed by atoms with Crippen molar-refractivity contribution in [2.75, 3.05) is 6.54 Å². The number of carbonyl (C=O) groups is 1. The first-order valence-corrected chi connectivity index (χ1v) is 5.23. The fourth-order valence-electron chi connectivity index (χ4n) is 1.09. The Morgan fingerprint density at radius 3 is 2.75 bits per heavy atom. The summed E-state index contributed by atoms with van der Waals surface area (Å²) in [4.78, 5) is 11.7. The Morgan fingerprint density at radius 1 is 1.56 bits per heavy atom. The normalized spacial score (nSPS) is 11.2. The van der Waals surface area contributed by atoms with Gasteiger partial charge in [0.1, 0.15) is 5.75 Å². The first-order valence-electron chi connectivity index (χ1n) is 4.85. The van der Waals surface area contributed by atoms with Crippen molar-refractivity contribution in [1.82, 2.24) is 5.32 Å². The summed E-state index contributed by atoms with van der Waals surface area (Å²) in [6, 6.07) is 4.31. The van der Waals surface area contributed by atoms with Crippen LogP contribution in [0.1, 0.15) is 24.2 Å². The van der Waals surface area contributed by atoms with E-state index in [9.17, 15) is 9.90 Å². The minimum absolute atomic E-state index is 0.100. The predicted molar refractivity (Wildman–Crippen MR) is 63.7 cm³/mol. The van der Waals surface area contributed by atoms with Crippen LogP contribution in [0.4, 0.5) is 0 Å². The Balaban J connectivity index is 2.77. The lowest BCUT2D eigenvalue weighted by Crippen LogP contribution is -2.45. The van der Waals surface area contributed by atoms with Gasteiger partial charge >= 0.3 is 0 Å². The lowest BCUT2D eigenvalue weighted by molar-refractivity contribution is 0.0943. The van der Waals surface area contributed by atoms with Crippen molar-refractivity contribution in [1.29, 1.82) is 0 Å². The SMILES string of the molecule is CC(C)(N)CNC(=O)c1cc(Cl)ccc1O. The van der Waals surface area contributed by atoms with Gasteiger partial charge in [-0.3, -0.25) is 4.79 Å². The second-order valence-corrected chi connectivity index (χ2v) is 4.77. The second-order valence-electron chi connectivity index (χ2n) is 4.33. The average molecular weight is 243 g/mol. The van der Waals surface area contributed by atoms with Crippen LogP contribution in [0.2, 0.25) is 5.02 Å². The number of hydrogen-bond donors (Lipinski definition) is 3. The number of aromatic hydroxyl groups is 1. The molecule has 1 amide bonds. The minimum Gasteiger partial charge on any atom is -0.507 e. The van der Waals surface area contributed by atoms with Gasteiger partial charge in [-0.05, 0) is 32.0 Å². The van der Waals surface area contributed by atoms with Gasteiger partial charge in [-0.25, -0.2) is 0 Å². The van der Waals surface area contributed by atoms with Crippen LogP contribution in [0.15, 0.2) is 18.2 Å². The van der Waals surface area contributed by atoms with Crippen molar-refractivity contribution in [2.45, 2.75) is 19.4 Å². The summed E-state index contributed by atoms with van der Waals surface area (Å²) in [7, 11) is 0. The number of carbonyl (C=O) groups excluding carboxylic acids is 1. The van der Waals surface area contributed by atoms with Gasteiger partial charge in [0, 0.05) is 17.1 Å². The van der Waals surface area contributed by atoms with Crippen LogP contribution in [0.5, 0.6) is 5.75 Å². The van der Waals surface area contributed by atoms with E-state index >= 15 is 0 Å². The van der Waals surface area contributed by atoms with Crippen molar-refractivity contribution in [3.8, 4) is 5.75 Å². The third-order valence-electron chi connectivity index (χ3n) is 1.91. The number of amides is 1. The van der Waals surface area contributed by atoms with E-state index in [0.29, 0.717) is 11.6 Å². The van der Waals surface area contributed by atoms with Gasteiger partial charge in [-0.2, -0.15) is 0 Å². The van der Waals surface area contributed by atoms with Crippen LogP contribution in [0.3, 0.4) is 0 Å². The van der Waals surface area contributed by atoms with Crippen LogP contribution < -0.4 is 11.1 Å². The van der Waals surface area contributed by atoms with Gasteiger partial charge in [0.15, 0.2) is 0 Å². The van der Waals surface area contributed by atoms with Gasteiger partial charge in [0.2, 0.25) is 0 Å². The molecule has 4 N–H and O–H groups in total. The Bertz CT molecular complexity index is 399. The summed E-state index contributed by atoms with van der Waals surface area (Å²) in [5, 5.41) is 12.5. The van der Waals surface area contributed by atoms with Gasteiger partial charge in [-0.1, -0.05) is 11.6 Å². The zero-order chi connectivity index (χ0) is 12.3. The number of benzene rings is 1. The highest BCUT2D eigenvalue weighted by Crippen LogP contribution is 2.21. The van der Waals surface area contributed by atoms with Crippen molar-refractivity contribution in [3.63, 3.8) is 0 Å². The van der Waals surface area contributed by atoms with E-state index < -0.39 is 11.4 Å². The molecule has 0 aliphatic heterocycles. The maximum atomic E-state index is 11.7. The first kappa shape index (κ1) is 12.8. The lowest BCUT2D eigenvalue weighted by Gasteiger charge is -2.19. The van der Waals surface area contributed by atoms with Gasteiger partial charge in [-0.15, -0.1) is 0 Å². The molecule has 5 heteroatoms. The monoisotopic (exact) mass is 242 g/mol. The number of phenolic OH excluding ortho intramolecular Hbond substituents is 1. The molecule has 0 aliphatic carbocycles. The molecule has 1 aromatic rings. The largest absolute Gasteiger partial charge is 0.507 e. The molecular formula is C11H15ClN2O2. The van der Waals surface area contributed by atoms with Crippen molar-refractivity contribution < 1.29 is 9.90 Å². The highest BCUT2D eigenvalue weighted by atomic mass is 35.5. The van der Waals surface area contributed by atoms with Crippen LogP contribution in [-0.4, -0.2) is 23.1 Å². The predicted octanol–water partition coefficient (Wildman–Crippen LogP) is 1.51. The summed E-state index contributed by atoms with van der Waals surface area (Å²) >= 11 is 5.74. The molecule has 0 atom stereocenters.